The van der Waals surface area contributed by atoms with Gasteiger partial charge >= 0.3 is 6.18 Å². The van der Waals surface area contributed by atoms with Crippen molar-refractivity contribution in [3.05, 3.63) is 0 Å². The van der Waals surface area contributed by atoms with Crippen LogP contribution < -0.4 is 0 Å². The highest BCUT2D eigenvalue weighted by atomic mass is 19.4. The highest BCUT2D eigenvalue weighted by Crippen LogP contribution is 2.17. The number of alkyl halides is 3. The number of hydrogen-bond acceptors (Lipinski definition) is 2. The van der Waals surface area contributed by atoms with Gasteiger partial charge in [-0.15, -0.1) is 0 Å². The van der Waals surface area contributed by atoms with Crippen LogP contribution in [0.4, 0.5) is 13.2 Å². The van der Waals surface area contributed by atoms with E-state index in [9.17, 15) is 13.2 Å². The Morgan fingerprint density at radius 3 is 1.88 bits per heavy atom. The molecule has 0 heterocycles. The molecule has 8 heavy (non-hydrogen) atoms. The van der Waals surface area contributed by atoms with Crippen molar-refractivity contribution in [1.82, 2.24) is 0 Å². The fourth-order valence-electron chi connectivity index (χ4n) is 0.0668. The molecule has 1 radical (unpaired) electrons. The Bertz CT molecular complexity index is 87.0. The van der Waals surface area contributed by atoms with E-state index in [0.29, 0.717) is 6.29 Å². The van der Waals surface area contributed by atoms with Gasteiger partial charge in [0.2, 0.25) is 12.4 Å². The van der Waals surface area contributed by atoms with E-state index in [1.807, 2.05) is 0 Å². The Morgan fingerprint density at radius 2 is 1.88 bits per heavy atom. The summed E-state index contributed by atoms with van der Waals surface area (Å²) in [6.45, 7) is 0. The van der Waals surface area contributed by atoms with Crippen LogP contribution >= 0.6 is 0 Å². The number of carbonyl (C=O) groups excluding carboxylic acids is 1. The fraction of sp³-hybridized carbons (Fsp3) is 0.667. The van der Waals surface area contributed by atoms with Gasteiger partial charge in [-0.25, -0.2) is 0 Å². The first-order valence-electron chi connectivity index (χ1n) is 1.61. The van der Waals surface area contributed by atoms with Gasteiger partial charge in [0, 0.05) is 0 Å². The second-order valence-corrected chi connectivity index (χ2v) is 1.06. The highest BCUT2D eigenvalue weighted by Gasteiger charge is 2.38. The summed E-state index contributed by atoms with van der Waals surface area (Å²) in [5.41, 5.74) is 0. The lowest BCUT2D eigenvalue weighted by Gasteiger charge is -2.04. The Hall–Kier alpha value is -0.580. The number of aliphatic hydroxyl groups excluding tert-OH is 1. The molecule has 0 bridgehead atoms. The molecule has 0 aliphatic carbocycles. The number of halogens is 3. The van der Waals surface area contributed by atoms with Crippen LogP contribution in [0.25, 0.3) is 0 Å². The van der Waals surface area contributed by atoms with Gasteiger partial charge in [-0.2, -0.15) is 13.2 Å². The van der Waals surface area contributed by atoms with E-state index in [2.05, 4.69) is 0 Å². The van der Waals surface area contributed by atoms with Gasteiger partial charge in [-0.1, -0.05) is 0 Å². The summed E-state index contributed by atoms with van der Waals surface area (Å²) in [4.78, 5) is 9.06. The van der Waals surface area contributed by atoms with Crippen LogP contribution in [0.1, 0.15) is 0 Å². The van der Waals surface area contributed by atoms with Crippen LogP contribution in [0.5, 0.6) is 0 Å². The van der Waals surface area contributed by atoms with Gasteiger partial charge in [-0.3, -0.25) is 4.79 Å². The third-order valence-corrected chi connectivity index (χ3v) is 0.422. The molecular weight excluding hydrogens is 125 g/mol. The van der Waals surface area contributed by atoms with Crippen LogP contribution in [0.3, 0.4) is 0 Å². The molecule has 1 unspecified atom stereocenters. The predicted molar refractivity (Wildman–Crippen MR) is 17.8 cm³/mol. The molecule has 47 valence electrons. The van der Waals surface area contributed by atoms with Crippen molar-refractivity contribution in [1.29, 1.82) is 0 Å². The minimum absolute atomic E-state index is 0.385. The maximum absolute atomic E-state index is 10.9. The second-order valence-electron chi connectivity index (χ2n) is 1.06. The van der Waals surface area contributed by atoms with E-state index in [4.69, 9.17) is 9.90 Å². The van der Waals surface area contributed by atoms with Crippen LogP contribution in [-0.2, 0) is 4.79 Å². The smallest absolute Gasteiger partial charge is 0.377 e. The standard InChI is InChI=1S/C3H2F3O2/c4-3(5,6)2(8)1-7/h2,8H. The normalized spacial score (nSPS) is 15.5. The zero-order valence-corrected chi connectivity index (χ0v) is 3.57. The first kappa shape index (κ1) is 7.42. The Kier molecular flexibility index (Phi) is 1.97. The molecule has 0 amide bonds. The van der Waals surface area contributed by atoms with Crippen LogP contribution in [0.2, 0.25) is 0 Å². The minimum atomic E-state index is -4.86. The van der Waals surface area contributed by atoms with Crippen molar-refractivity contribution >= 4 is 6.29 Å². The second kappa shape index (κ2) is 2.13. The first-order valence-corrected chi connectivity index (χ1v) is 1.61. The maximum atomic E-state index is 10.9. The van der Waals surface area contributed by atoms with Gasteiger partial charge < -0.3 is 5.11 Å². The minimum Gasteiger partial charge on any atom is -0.377 e. The van der Waals surface area contributed by atoms with E-state index < -0.39 is 12.3 Å². The molecule has 5 heteroatoms. The molecule has 0 saturated heterocycles. The van der Waals surface area contributed by atoms with Crippen LogP contribution in [0, 0.1) is 0 Å². The molecule has 0 aliphatic rings. The van der Waals surface area contributed by atoms with Crippen molar-refractivity contribution < 1.29 is 23.1 Å². The van der Waals surface area contributed by atoms with Crippen molar-refractivity contribution in [2.24, 2.45) is 0 Å². The summed E-state index contributed by atoms with van der Waals surface area (Å²) >= 11 is 0. The molecule has 0 aromatic carbocycles. The third kappa shape index (κ3) is 1.92. The summed E-state index contributed by atoms with van der Waals surface area (Å²) in [6.07, 6.45) is -7.43. The topological polar surface area (TPSA) is 37.3 Å². The van der Waals surface area contributed by atoms with Gasteiger partial charge in [0.25, 0.3) is 0 Å². The molecule has 0 aromatic heterocycles. The van der Waals surface area contributed by atoms with Crippen LogP contribution in [0.15, 0.2) is 0 Å². The fourth-order valence-corrected chi connectivity index (χ4v) is 0.0668. The van der Waals surface area contributed by atoms with E-state index in [-0.39, 0.29) is 0 Å². The van der Waals surface area contributed by atoms with E-state index >= 15 is 0 Å². The largest absolute Gasteiger partial charge is 0.422 e. The van der Waals surface area contributed by atoms with E-state index in [1.54, 1.807) is 0 Å². The Balaban J connectivity index is 3.80. The van der Waals surface area contributed by atoms with Gasteiger partial charge in [0.1, 0.15) is 0 Å². The van der Waals surface area contributed by atoms with Crippen molar-refractivity contribution in [3.8, 4) is 0 Å². The average Bonchev–Trinajstić information content (AvgIpc) is 1.62. The third-order valence-electron chi connectivity index (χ3n) is 0.422. The SMILES string of the molecule is O=[C]C(O)C(F)(F)F. The maximum Gasteiger partial charge on any atom is 0.422 e. The molecule has 2 nitrogen and oxygen atoms in total. The quantitative estimate of drug-likeness (QED) is 0.539. The Labute approximate surface area is 42.9 Å². The monoisotopic (exact) mass is 127 g/mol. The van der Waals surface area contributed by atoms with Crippen LogP contribution in [-0.4, -0.2) is 23.7 Å². The first-order chi connectivity index (χ1) is 3.48. The molecule has 1 N–H and O–H groups in total. The summed E-state index contributed by atoms with van der Waals surface area (Å²) in [6, 6.07) is 0. The summed E-state index contributed by atoms with van der Waals surface area (Å²) < 4.78 is 32.8. The number of hydrogen-bond donors (Lipinski definition) is 1. The van der Waals surface area contributed by atoms with Crippen molar-refractivity contribution in [3.63, 3.8) is 0 Å². The number of aliphatic hydroxyl groups is 1. The van der Waals surface area contributed by atoms with Gasteiger partial charge in [0.15, 0.2) is 0 Å². The number of rotatable bonds is 1. The van der Waals surface area contributed by atoms with Crippen molar-refractivity contribution in [2.75, 3.05) is 0 Å². The molecule has 0 rings (SSSR count). The van der Waals surface area contributed by atoms with E-state index in [0.717, 1.165) is 0 Å². The zero-order valence-electron chi connectivity index (χ0n) is 3.57. The lowest BCUT2D eigenvalue weighted by molar-refractivity contribution is -0.181. The summed E-state index contributed by atoms with van der Waals surface area (Å²) in [5, 5.41) is 7.65. The lowest BCUT2D eigenvalue weighted by Crippen LogP contribution is -2.29. The molecule has 1 atom stereocenters. The lowest BCUT2D eigenvalue weighted by atomic mass is 10.4. The average molecular weight is 127 g/mol. The van der Waals surface area contributed by atoms with Crippen molar-refractivity contribution in [2.45, 2.75) is 12.3 Å². The zero-order chi connectivity index (χ0) is 6.78. The van der Waals surface area contributed by atoms with E-state index in [1.165, 1.54) is 0 Å². The molecule has 0 saturated carbocycles. The predicted octanol–water partition coefficient (Wildman–Crippen LogP) is 0.0193. The summed E-state index contributed by atoms with van der Waals surface area (Å²) in [7, 11) is 0. The van der Waals surface area contributed by atoms with Gasteiger partial charge in [-0.05, 0) is 0 Å². The van der Waals surface area contributed by atoms with Gasteiger partial charge in [0.05, 0.1) is 0 Å². The molecule has 0 spiro atoms. The Morgan fingerprint density at radius 1 is 1.50 bits per heavy atom. The molecule has 0 fully saturated rings. The molecular formula is C3H2F3O2. The summed E-state index contributed by atoms with van der Waals surface area (Å²) in [5.74, 6) is 0. The highest BCUT2D eigenvalue weighted by molar-refractivity contribution is 5.57. The molecule has 0 aliphatic heterocycles. The molecule has 0 aromatic rings.